The summed E-state index contributed by atoms with van der Waals surface area (Å²) in [5, 5.41) is 0. The molecule has 1 rings (SSSR count). The first-order valence-electron chi connectivity index (χ1n) is 7.41. The maximum Gasteiger partial charge on any atom is 0.0331 e. The van der Waals surface area contributed by atoms with Crippen LogP contribution < -0.4 is 5.73 Å². The van der Waals surface area contributed by atoms with Crippen molar-refractivity contribution in [1.29, 1.82) is 0 Å². The average Bonchev–Trinajstić information content (AvgIpc) is 2.28. The van der Waals surface area contributed by atoms with E-state index < -0.39 is 0 Å². The zero-order valence-corrected chi connectivity index (χ0v) is 12.3. The van der Waals surface area contributed by atoms with Crippen LogP contribution in [0.4, 0.5) is 0 Å². The molecule has 2 nitrogen and oxygen atoms in total. The summed E-state index contributed by atoms with van der Waals surface area (Å²) >= 11 is 0. The van der Waals surface area contributed by atoms with Crippen LogP contribution in [0.3, 0.4) is 0 Å². The second-order valence-corrected chi connectivity index (χ2v) is 6.59. The van der Waals surface area contributed by atoms with E-state index in [2.05, 4.69) is 32.7 Å². The summed E-state index contributed by atoms with van der Waals surface area (Å²) in [4.78, 5) is 2.56. The van der Waals surface area contributed by atoms with Crippen LogP contribution in [0.15, 0.2) is 0 Å². The number of likely N-dealkylation sites (N-methyl/N-ethyl adjacent to an activating group) is 1. The van der Waals surface area contributed by atoms with Crippen LogP contribution in [0.5, 0.6) is 0 Å². The van der Waals surface area contributed by atoms with Crippen LogP contribution in [0.25, 0.3) is 0 Å². The van der Waals surface area contributed by atoms with Crippen molar-refractivity contribution in [3.05, 3.63) is 0 Å². The van der Waals surface area contributed by atoms with Gasteiger partial charge >= 0.3 is 0 Å². The quantitative estimate of drug-likeness (QED) is 0.772. The zero-order valence-electron chi connectivity index (χ0n) is 12.3. The van der Waals surface area contributed by atoms with Gasteiger partial charge in [-0.05, 0) is 51.1 Å². The Kier molecular flexibility index (Phi) is 5.94. The van der Waals surface area contributed by atoms with E-state index in [-0.39, 0.29) is 0 Å². The van der Waals surface area contributed by atoms with Crippen molar-refractivity contribution in [2.24, 2.45) is 17.6 Å². The van der Waals surface area contributed by atoms with E-state index in [1.54, 1.807) is 0 Å². The van der Waals surface area contributed by atoms with Gasteiger partial charge in [-0.3, -0.25) is 4.90 Å². The lowest BCUT2D eigenvalue weighted by Gasteiger charge is -2.46. The van der Waals surface area contributed by atoms with Crippen LogP contribution in [-0.4, -0.2) is 30.6 Å². The van der Waals surface area contributed by atoms with E-state index in [1.807, 2.05) is 0 Å². The number of hydrogen-bond acceptors (Lipinski definition) is 2. The van der Waals surface area contributed by atoms with Crippen molar-refractivity contribution < 1.29 is 0 Å². The molecule has 1 aliphatic rings. The van der Waals surface area contributed by atoms with Gasteiger partial charge in [-0.25, -0.2) is 0 Å². The fraction of sp³-hybridized carbons (Fsp3) is 1.00. The first kappa shape index (κ1) is 15.0. The van der Waals surface area contributed by atoms with Gasteiger partial charge < -0.3 is 5.73 Å². The Balaban J connectivity index is 2.47. The molecule has 17 heavy (non-hydrogen) atoms. The molecule has 2 N–H and O–H groups in total. The summed E-state index contributed by atoms with van der Waals surface area (Å²) in [5.41, 5.74) is 6.39. The molecule has 1 aliphatic carbocycles. The number of nitrogens with two attached hydrogens (primary N) is 1. The molecule has 2 atom stereocenters. The molecule has 0 aromatic rings. The third kappa shape index (κ3) is 4.26. The predicted molar refractivity (Wildman–Crippen MR) is 76.1 cm³/mol. The first-order chi connectivity index (χ1) is 8.00. The van der Waals surface area contributed by atoms with Gasteiger partial charge in [0.25, 0.3) is 0 Å². The summed E-state index contributed by atoms with van der Waals surface area (Å²) in [6.45, 7) is 9.03. The first-order valence-corrected chi connectivity index (χ1v) is 7.41. The van der Waals surface area contributed by atoms with E-state index in [0.29, 0.717) is 5.54 Å². The molecule has 0 aromatic carbocycles. The maximum atomic E-state index is 6.09. The Hall–Kier alpha value is -0.0800. The molecule has 2 unspecified atom stereocenters. The van der Waals surface area contributed by atoms with Gasteiger partial charge in [-0.1, -0.05) is 33.6 Å². The molecular weight excluding hydrogens is 208 g/mol. The highest BCUT2D eigenvalue weighted by atomic mass is 15.2. The van der Waals surface area contributed by atoms with E-state index in [1.165, 1.54) is 45.1 Å². The van der Waals surface area contributed by atoms with Crippen LogP contribution in [0, 0.1) is 11.8 Å². The Morgan fingerprint density at radius 3 is 2.65 bits per heavy atom. The fourth-order valence-corrected chi connectivity index (χ4v) is 3.29. The lowest BCUT2D eigenvalue weighted by Crippen LogP contribution is -2.54. The van der Waals surface area contributed by atoms with Crippen molar-refractivity contribution in [3.63, 3.8) is 0 Å². The van der Waals surface area contributed by atoms with Gasteiger partial charge in [0.1, 0.15) is 0 Å². The molecule has 2 heteroatoms. The van der Waals surface area contributed by atoms with E-state index in [9.17, 15) is 0 Å². The molecule has 0 bridgehead atoms. The third-order valence-electron chi connectivity index (χ3n) is 4.53. The molecule has 0 radical (unpaired) electrons. The number of hydrogen-bond donors (Lipinski definition) is 1. The second-order valence-electron chi connectivity index (χ2n) is 6.59. The van der Waals surface area contributed by atoms with E-state index in [0.717, 1.165) is 18.4 Å². The zero-order chi connectivity index (χ0) is 12.9. The van der Waals surface area contributed by atoms with Gasteiger partial charge in [-0.15, -0.1) is 0 Å². The molecule has 0 aliphatic heterocycles. The maximum absolute atomic E-state index is 6.09. The minimum atomic E-state index is 0.300. The van der Waals surface area contributed by atoms with Crippen molar-refractivity contribution >= 4 is 0 Å². The summed E-state index contributed by atoms with van der Waals surface area (Å²) < 4.78 is 0. The average molecular weight is 240 g/mol. The van der Waals surface area contributed by atoms with Crippen molar-refractivity contribution in [1.82, 2.24) is 4.90 Å². The Morgan fingerprint density at radius 1 is 1.41 bits per heavy atom. The van der Waals surface area contributed by atoms with E-state index >= 15 is 0 Å². The summed E-state index contributed by atoms with van der Waals surface area (Å²) in [6.07, 6.45) is 7.98. The van der Waals surface area contributed by atoms with Gasteiger partial charge in [0.2, 0.25) is 0 Å². The Morgan fingerprint density at radius 2 is 2.12 bits per heavy atom. The van der Waals surface area contributed by atoms with Crippen LogP contribution in [0.1, 0.15) is 59.3 Å². The highest BCUT2D eigenvalue weighted by molar-refractivity contribution is 4.94. The molecule has 0 aromatic heterocycles. The van der Waals surface area contributed by atoms with Gasteiger partial charge in [0, 0.05) is 12.1 Å². The summed E-state index contributed by atoms with van der Waals surface area (Å²) in [6, 6.07) is 0. The fourth-order valence-electron chi connectivity index (χ4n) is 3.29. The Bertz CT molecular complexity index is 215. The molecule has 0 saturated heterocycles. The minimum Gasteiger partial charge on any atom is -0.329 e. The molecular formula is C15H32N2. The van der Waals surface area contributed by atoms with Crippen molar-refractivity contribution in [2.45, 2.75) is 64.8 Å². The monoisotopic (exact) mass is 240 g/mol. The van der Waals surface area contributed by atoms with Crippen molar-refractivity contribution in [2.75, 3.05) is 20.1 Å². The number of rotatable bonds is 6. The molecule has 1 saturated carbocycles. The van der Waals surface area contributed by atoms with Gasteiger partial charge in [-0.2, -0.15) is 0 Å². The van der Waals surface area contributed by atoms with Gasteiger partial charge in [0.05, 0.1) is 0 Å². The van der Waals surface area contributed by atoms with Crippen LogP contribution in [-0.2, 0) is 0 Å². The minimum absolute atomic E-state index is 0.300. The van der Waals surface area contributed by atoms with Crippen LogP contribution >= 0.6 is 0 Å². The highest BCUT2D eigenvalue weighted by Gasteiger charge is 2.36. The summed E-state index contributed by atoms with van der Waals surface area (Å²) in [7, 11) is 2.28. The molecule has 102 valence electrons. The standard InChI is InChI=1S/C15H32N2/c1-13(2)7-6-10-17(4)15(12-16)9-5-8-14(3)11-15/h13-14H,5-12,16H2,1-4H3. The molecule has 0 heterocycles. The predicted octanol–water partition coefficient (Wildman–Crippen LogP) is 3.26. The van der Waals surface area contributed by atoms with Gasteiger partial charge in [0.15, 0.2) is 0 Å². The lowest BCUT2D eigenvalue weighted by atomic mass is 9.75. The smallest absolute Gasteiger partial charge is 0.0331 e. The third-order valence-corrected chi connectivity index (χ3v) is 4.53. The molecule has 0 spiro atoms. The van der Waals surface area contributed by atoms with E-state index in [4.69, 9.17) is 5.73 Å². The normalized spacial score (nSPS) is 30.2. The largest absolute Gasteiger partial charge is 0.329 e. The molecule has 0 amide bonds. The van der Waals surface area contributed by atoms with Crippen molar-refractivity contribution in [3.8, 4) is 0 Å². The topological polar surface area (TPSA) is 29.3 Å². The molecule has 1 fully saturated rings. The number of nitrogens with zero attached hydrogens (tertiary/aromatic N) is 1. The van der Waals surface area contributed by atoms with Crippen LogP contribution in [0.2, 0.25) is 0 Å². The SMILES string of the molecule is CC(C)CCCN(C)C1(CN)CCCC(C)C1. The Labute approximate surface area is 108 Å². The highest BCUT2D eigenvalue weighted by Crippen LogP contribution is 2.35. The second kappa shape index (κ2) is 6.75. The summed E-state index contributed by atoms with van der Waals surface area (Å²) in [5.74, 6) is 1.67. The lowest BCUT2D eigenvalue weighted by molar-refractivity contribution is 0.0596.